The van der Waals surface area contributed by atoms with Crippen LogP contribution >= 0.6 is 0 Å². The number of ether oxygens (including phenoxy) is 1. The number of nitrogens with zero attached hydrogens (tertiary/aromatic N) is 2. The van der Waals surface area contributed by atoms with Crippen molar-refractivity contribution in [1.29, 1.82) is 0 Å². The minimum Gasteiger partial charge on any atom is -0.480 e. The van der Waals surface area contributed by atoms with E-state index in [0.717, 1.165) is 11.4 Å². The van der Waals surface area contributed by atoms with Gasteiger partial charge in [-0.25, -0.2) is 4.98 Å². The van der Waals surface area contributed by atoms with Gasteiger partial charge in [-0.1, -0.05) is 6.07 Å². The van der Waals surface area contributed by atoms with E-state index in [1.165, 1.54) is 7.11 Å². The zero-order valence-corrected chi connectivity index (χ0v) is 11.8. The monoisotopic (exact) mass is 271 g/mol. The molecule has 5 nitrogen and oxygen atoms in total. The van der Waals surface area contributed by atoms with E-state index in [9.17, 15) is 4.79 Å². The molecule has 20 heavy (non-hydrogen) atoms. The molecule has 104 valence electrons. The van der Waals surface area contributed by atoms with Crippen LogP contribution in [0.25, 0.3) is 0 Å². The van der Waals surface area contributed by atoms with E-state index in [2.05, 4.69) is 10.3 Å². The van der Waals surface area contributed by atoms with E-state index in [1.54, 1.807) is 18.3 Å². The number of carbonyl (C=O) groups excluding carboxylic acids is 1. The highest BCUT2D eigenvalue weighted by molar-refractivity contribution is 6.06. The Kier molecular flexibility index (Phi) is 4.20. The Morgan fingerprint density at radius 2 is 2.05 bits per heavy atom. The highest BCUT2D eigenvalue weighted by Crippen LogP contribution is 2.20. The van der Waals surface area contributed by atoms with Crippen LogP contribution in [0.1, 0.15) is 10.4 Å². The number of pyridine rings is 1. The van der Waals surface area contributed by atoms with Gasteiger partial charge in [0.15, 0.2) is 0 Å². The molecule has 5 heteroatoms. The Morgan fingerprint density at radius 1 is 1.25 bits per heavy atom. The first-order valence-electron chi connectivity index (χ1n) is 6.19. The highest BCUT2D eigenvalue weighted by Gasteiger charge is 2.13. The molecule has 0 atom stereocenters. The van der Waals surface area contributed by atoms with Gasteiger partial charge < -0.3 is 15.0 Å². The zero-order valence-electron chi connectivity index (χ0n) is 11.8. The van der Waals surface area contributed by atoms with Crippen LogP contribution in [0.15, 0.2) is 42.6 Å². The molecule has 1 aromatic carbocycles. The fourth-order valence-electron chi connectivity index (χ4n) is 1.79. The molecular formula is C15H17N3O2. The Morgan fingerprint density at radius 3 is 2.75 bits per heavy atom. The summed E-state index contributed by atoms with van der Waals surface area (Å²) >= 11 is 0. The maximum Gasteiger partial charge on any atom is 0.261 e. The number of methoxy groups -OCH3 is 1. The molecule has 1 heterocycles. The minimum absolute atomic E-state index is 0.245. The molecular weight excluding hydrogens is 254 g/mol. The number of anilines is 2. The molecule has 0 unspecified atom stereocenters. The highest BCUT2D eigenvalue weighted by atomic mass is 16.5. The molecule has 0 saturated heterocycles. The number of carbonyl (C=O) groups is 1. The molecule has 0 bridgehead atoms. The van der Waals surface area contributed by atoms with Crippen LogP contribution in [0.5, 0.6) is 5.88 Å². The van der Waals surface area contributed by atoms with Gasteiger partial charge in [-0.05, 0) is 30.3 Å². The quantitative estimate of drug-likeness (QED) is 0.927. The number of rotatable bonds is 4. The van der Waals surface area contributed by atoms with Gasteiger partial charge in [0.2, 0.25) is 5.88 Å². The van der Waals surface area contributed by atoms with E-state index in [1.807, 2.05) is 43.3 Å². The van der Waals surface area contributed by atoms with Crippen molar-refractivity contribution in [3.63, 3.8) is 0 Å². The molecule has 2 rings (SSSR count). The van der Waals surface area contributed by atoms with Gasteiger partial charge >= 0.3 is 0 Å². The second kappa shape index (κ2) is 6.06. The molecule has 0 aliphatic rings. The van der Waals surface area contributed by atoms with Gasteiger partial charge in [0.25, 0.3) is 5.91 Å². The molecule has 1 aromatic heterocycles. The Labute approximate surface area is 118 Å². The number of nitrogens with one attached hydrogen (secondary N) is 1. The standard InChI is InChI=1S/C15H17N3O2/c1-18(2)12-7-4-6-11(10-12)17-14(19)13-8-5-9-16-15(13)20-3/h4-10H,1-3H3,(H,17,19). The summed E-state index contributed by atoms with van der Waals surface area (Å²) in [5, 5.41) is 2.84. The Hall–Kier alpha value is -2.56. The fourth-order valence-corrected chi connectivity index (χ4v) is 1.79. The number of hydrogen-bond donors (Lipinski definition) is 1. The normalized spacial score (nSPS) is 9.95. The van der Waals surface area contributed by atoms with Crippen molar-refractivity contribution in [2.45, 2.75) is 0 Å². The molecule has 0 aliphatic heterocycles. The maximum absolute atomic E-state index is 12.2. The van der Waals surface area contributed by atoms with E-state index < -0.39 is 0 Å². The van der Waals surface area contributed by atoms with Crippen molar-refractivity contribution in [2.75, 3.05) is 31.4 Å². The molecule has 2 aromatic rings. The van der Waals surface area contributed by atoms with Crippen molar-refractivity contribution < 1.29 is 9.53 Å². The van der Waals surface area contributed by atoms with Crippen molar-refractivity contribution in [3.05, 3.63) is 48.2 Å². The second-order valence-corrected chi connectivity index (χ2v) is 4.46. The average molecular weight is 271 g/mol. The lowest BCUT2D eigenvalue weighted by Gasteiger charge is -2.14. The average Bonchev–Trinajstić information content (AvgIpc) is 2.47. The number of aromatic nitrogens is 1. The SMILES string of the molecule is COc1ncccc1C(=O)Nc1cccc(N(C)C)c1. The second-order valence-electron chi connectivity index (χ2n) is 4.46. The zero-order chi connectivity index (χ0) is 14.5. The molecule has 0 radical (unpaired) electrons. The van der Waals surface area contributed by atoms with E-state index in [-0.39, 0.29) is 5.91 Å². The molecule has 0 saturated carbocycles. The van der Waals surface area contributed by atoms with Gasteiger partial charge in [-0.3, -0.25) is 4.79 Å². The topological polar surface area (TPSA) is 54.5 Å². The molecule has 0 fully saturated rings. The first kappa shape index (κ1) is 13.9. The summed E-state index contributed by atoms with van der Waals surface area (Å²) in [5.41, 5.74) is 2.15. The van der Waals surface area contributed by atoms with E-state index >= 15 is 0 Å². The van der Waals surface area contributed by atoms with Crippen LogP contribution in [0.2, 0.25) is 0 Å². The summed E-state index contributed by atoms with van der Waals surface area (Å²) < 4.78 is 5.09. The summed E-state index contributed by atoms with van der Waals surface area (Å²) in [6, 6.07) is 11.0. The number of amides is 1. The summed E-state index contributed by atoms with van der Waals surface area (Å²) in [6.07, 6.45) is 1.59. The third-order valence-corrected chi connectivity index (χ3v) is 2.83. The van der Waals surface area contributed by atoms with Gasteiger partial charge in [0.05, 0.1) is 7.11 Å². The van der Waals surface area contributed by atoms with Crippen LogP contribution in [0.4, 0.5) is 11.4 Å². The third kappa shape index (κ3) is 3.06. The van der Waals surface area contributed by atoms with Crippen molar-refractivity contribution in [1.82, 2.24) is 4.98 Å². The molecule has 1 N–H and O–H groups in total. The predicted molar refractivity (Wildman–Crippen MR) is 79.5 cm³/mol. The molecule has 0 aliphatic carbocycles. The first-order chi connectivity index (χ1) is 9.61. The lowest BCUT2D eigenvalue weighted by Crippen LogP contribution is -2.14. The Bertz CT molecular complexity index is 612. The maximum atomic E-state index is 12.2. The lowest BCUT2D eigenvalue weighted by molar-refractivity contribution is 0.102. The van der Waals surface area contributed by atoms with Crippen molar-refractivity contribution in [3.8, 4) is 5.88 Å². The van der Waals surface area contributed by atoms with Crippen LogP contribution in [-0.2, 0) is 0 Å². The van der Waals surface area contributed by atoms with Crippen LogP contribution in [-0.4, -0.2) is 32.1 Å². The van der Waals surface area contributed by atoms with Crippen molar-refractivity contribution >= 4 is 17.3 Å². The predicted octanol–water partition coefficient (Wildman–Crippen LogP) is 2.41. The lowest BCUT2D eigenvalue weighted by atomic mass is 10.2. The number of benzene rings is 1. The van der Waals surface area contributed by atoms with Crippen LogP contribution < -0.4 is 15.0 Å². The van der Waals surface area contributed by atoms with E-state index in [0.29, 0.717) is 11.4 Å². The summed E-state index contributed by atoms with van der Waals surface area (Å²) in [7, 11) is 5.39. The Balaban J connectivity index is 2.21. The van der Waals surface area contributed by atoms with Gasteiger partial charge in [-0.2, -0.15) is 0 Å². The molecule has 0 spiro atoms. The van der Waals surface area contributed by atoms with E-state index in [4.69, 9.17) is 4.74 Å². The minimum atomic E-state index is -0.245. The molecule has 1 amide bonds. The smallest absolute Gasteiger partial charge is 0.261 e. The summed E-state index contributed by atoms with van der Waals surface area (Å²) in [4.78, 5) is 18.2. The van der Waals surface area contributed by atoms with Crippen molar-refractivity contribution in [2.24, 2.45) is 0 Å². The van der Waals surface area contributed by atoms with Gasteiger partial charge in [-0.15, -0.1) is 0 Å². The third-order valence-electron chi connectivity index (χ3n) is 2.83. The summed E-state index contributed by atoms with van der Waals surface area (Å²) in [5.74, 6) is 0.0691. The number of hydrogen-bond acceptors (Lipinski definition) is 4. The largest absolute Gasteiger partial charge is 0.480 e. The van der Waals surface area contributed by atoms with Crippen LogP contribution in [0, 0.1) is 0 Å². The van der Waals surface area contributed by atoms with Crippen LogP contribution in [0.3, 0.4) is 0 Å². The fraction of sp³-hybridized carbons (Fsp3) is 0.200. The van der Waals surface area contributed by atoms with Gasteiger partial charge in [0, 0.05) is 31.7 Å². The summed E-state index contributed by atoms with van der Waals surface area (Å²) in [6.45, 7) is 0. The van der Waals surface area contributed by atoms with Gasteiger partial charge in [0.1, 0.15) is 5.56 Å². The first-order valence-corrected chi connectivity index (χ1v) is 6.19.